The molecule has 1 aliphatic rings. The van der Waals surface area contributed by atoms with Gasteiger partial charge in [0.25, 0.3) is 5.69 Å². The van der Waals surface area contributed by atoms with Crippen molar-refractivity contribution >= 4 is 51.6 Å². The first kappa shape index (κ1) is 48.6. The van der Waals surface area contributed by atoms with Crippen molar-refractivity contribution in [2.45, 2.75) is 57.1 Å². The van der Waals surface area contributed by atoms with Crippen molar-refractivity contribution in [3.05, 3.63) is 123 Å². The maximum atomic E-state index is 13.7. The van der Waals surface area contributed by atoms with Crippen LogP contribution in [0.4, 0.5) is 25.8 Å². The van der Waals surface area contributed by atoms with E-state index in [4.69, 9.17) is 19.9 Å². The summed E-state index contributed by atoms with van der Waals surface area (Å²) in [6.45, 7) is 2.85. The van der Waals surface area contributed by atoms with E-state index in [1.54, 1.807) is 13.8 Å². The Kier molecular flexibility index (Phi) is 17.4. The third-order valence-corrected chi connectivity index (χ3v) is 10.2. The summed E-state index contributed by atoms with van der Waals surface area (Å²) < 4.78 is 51.2. The fraction of sp³-hybridized carbons (Fsp3) is 0.293. The Morgan fingerprint density at radius 3 is 2.05 bits per heavy atom. The van der Waals surface area contributed by atoms with Gasteiger partial charge in [-0.25, -0.2) is 22.8 Å². The van der Waals surface area contributed by atoms with E-state index in [-0.39, 0.29) is 89.7 Å². The summed E-state index contributed by atoms with van der Waals surface area (Å²) in [6.07, 6.45) is -1.95. The Hall–Kier alpha value is -6.06. The summed E-state index contributed by atoms with van der Waals surface area (Å²) in [5.41, 5.74) is 8.95. The second-order valence-corrected chi connectivity index (χ2v) is 15.7. The van der Waals surface area contributed by atoms with Crippen LogP contribution in [0.3, 0.4) is 0 Å². The van der Waals surface area contributed by atoms with Crippen LogP contribution < -0.4 is 61.3 Å². The number of urea groups is 1. The van der Waals surface area contributed by atoms with Crippen LogP contribution >= 0.6 is 0 Å². The fourth-order valence-corrected chi connectivity index (χ4v) is 7.30. The quantitative estimate of drug-likeness (QED) is 0.0182. The van der Waals surface area contributed by atoms with Gasteiger partial charge < -0.3 is 45.8 Å². The largest absolute Gasteiger partial charge is 1.00 e. The van der Waals surface area contributed by atoms with Crippen molar-refractivity contribution in [2.24, 2.45) is 11.7 Å². The molecule has 19 nitrogen and oxygen atoms in total. The molecule has 0 heterocycles. The maximum Gasteiger partial charge on any atom is 1.00 e. The van der Waals surface area contributed by atoms with Crippen molar-refractivity contribution in [3.63, 3.8) is 0 Å². The molecule has 4 aromatic carbocycles. The summed E-state index contributed by atoms with van der Waals surface area (Å²) in [6, 6.07) is 20.7. The number of ether oxygens (including phenoxy) is 3. The Balaban J connectivity index is 0.00000845. The number of nitro groups is 1. The molecule has 0 radical (unpaired) electrons. The molecule has 21 heteroatoms. The topological polar surface area (TPSA) is 288 Å². The smallest absolute Gasteiger partial charge is 0.748 e. The zero-order valence-corrected chi connectivity index (χ0v) is 36.8. The number of hydrogen-bond donors (Lipinski definition) is 5. The number of benzene rings is 4. The van der Waals surface area contributed by atoms with Gasteiger partial charge in [-0.2, -0.15) is 0 Å². The average Bonchev–Trinajstić information content (AvgIpc) is 3.52. The molecule has 6 N–H and O–H groups in total. The molecule has 1 aliphatic carbocycles. The summed E-state index contributed by atoms with van der Waals surface area (Å²) in [5.74, 6) is -3.33. The number of amides is 5. The fourth-order valence-electron chi connectivity index (χ4n) is 6.65. The van der Waals surface area contributed by atoms with Crippen molar-refractivity contribution in [3.8, 4) is 16.9 Å². The molecule has 0 spiro atoms. The number of anilines is 1. The van der Waals surface area contributed by atoms with Crippen molar-refractivity contribution in [1.29, 1.82) is 0 Å². The van der Waals surface area contributed by atoms with E-state index in [1.807, 2.05) is 48.5 Å². The number of nitro benzene ring substituents is 1. The molecule has 2 atom stereocenters. The van der Waals surface area contributed by atoms with Crippen molar-refractivity contribution < 1.29 is 85.6 Å². The first-order chi connectivity index (χ1) is 29.0. The monoisotopic (exact) mass is 882 g/mol. The van der Waals surface area contributed by atoms with Gasteiger partial charge in [0.15, 0.2) is 0 Å². The van der Waals surface area contributed by atoms with E-state index in [0.717, 1.165) is 34.4 Å². The van der Waals surface area contributed by atoms with Gasteiger partial charge in [-0.3, -0.25) is 19.7 Å². The van der Waals surface area contributed by atoms with Crippen molar-refractivity contribution in [1.82, 2.24) is 16.0 Å². The van der Waals surface area contributed by atoms with Gasteiger partial charge in [0.1, 0.15) is 31.0 Å². The van der Waals surface area contributed by atoms with Gasteiger partial charge >= 0.3 is 47.8 Å². The van der Waals surface area contributed by atoms with E-state index >= 15 is 0 Å². The van der Waals surface area contributed by atoms with E-state index in [1.165, 1.54) is 30.3 Å². The molecule has 0 fully saturated rings. The van der Waals surface area contributed by atoms with Crippen LogP contribution in [0, 0.1) is 16.0 Å². The number of rotatable bonds is 18. The van der Waals surface area contributed by atoms with Gasteiger partial charge in [0, 0.05) is 30.3 Å². The number of alkyl carbamates (subject to hydrolysis) is 1. The molecule has 322 valence electrons. The van der Waals surface area contributed by atoms with Gasteiger partial charge in [-0.05, 0) is 76.4 Å². The molecule has 4 aromatic rings. The van der Waals surface area contributed by atoms with Crippen LogP contribution in [0.15, 0.2) is 91.0 Å². The summed E-state index contributed by atoms with van der Waals surface area (Å²) >= 11 is 0. The molecule has 5 rings (SSSR count). The Morgan fingerprint density at radius 2 is 1.47 bits per heavy atom. The summed E-state index contributed by atoms with van der Waals surface area (Å²) in [7, 11) is -4.90. The van der Waals surface area contributed by atoms with E-state index in [2.05, 4.69) is 21.3 Å². The number of fused-ring (bicyclic) bond motifs is 3. The number of carbonyl (C=O) groups is 5. The molecule has 0 saturated heterocycles. The zero-order valence-electron chi connectivity index (χ0n) is 34.0. The minimum absolute atomic E-state index is 0. The van der Waals surface area contributed by atoms with Crippen LogP contribution in [-0.2, 0) is 41.5 Å². The van der Waals surface area contributed by atoms with Gasteiger partial charge in [-0.1, -0.05) is 68.4 Å². The molecule has 62 heavy (non-hydrogen) atoms. The number of non-ortho nitro benzene ring substituents is 1. The molecular formula is C41H43N6NaO13S. The van der Waals surface area contributed by atoms with E-state index in [0.29, 0.717) is 0 Å². The second-order valence-electron chi connectivity index (χ2n) is 14.3. The molecule has 0 aromatic heterocycles. The second kappa shape index (κ2) is 22.2. The number of nitrogens with zero attached hydrogens (tertiary/aromatic N) is 1. The third-order valence-electron chi connectivity index (χ3n) is 9.57. The molecule has 5 amide bonds. The third kappa shape index (κ3) is 13.7. The predicted octanol–water partition coefficient (Wildman–Crippen LogP) is 1.79. The van der Waals surface area contributed by atoms with Crippen LogP contribution in [0.2, 0.25) is 0 Å². The Labute approximate surface area is 378 Å². The van der Waals surface area contributed by atoms with Crippen LogP contribution in [0.1, 0.15) is 54.9 Å². The molecule has 0 aliphatic heterocycles. The maximum absolute atomic E-state index is 13.7. The average molecular weight is 883 g/mol. The number of nitrogens with one attached hydrogen (secondary N) is 4. The Bertz CT molecular complexity index is 2350. The number of carbonyl (C=O) groups excluding carboxylic acids is 5. The van der Waals surface area contributed by atoms with Crippen LogP contribution in [0.5, 0.6) is 5.75 Å². The van der Waals surface area contributed by atoms with Crippen molar-refractivity contribution in [2.75, 3.05) is 18.5 Å². The molecule has 2 unspecified atom stereocenters. The number of primary amides is 1. The Morgan fingerprint density at radius 1 is 0.839 bits per heavy atom. The number of hydrogen-bond acceptors (Lipinski definition) is 13. The van der Waals surface area contributed by atoms with Crippen LogP contribution in [0.25, 0.3) is 11.1 Å². The summed E-state index contributed by atoms with van der Waals surface area (Å²) in [5, 5.41) is 21.1. The zero-order chi connectivity index (χ0) is 44.3. The van der Waals surface area contributed by atoms with Gasteiger partial charge in [0.05, 0.1) is 20.8 Å². The normalized spacial score (nSPS) is 12.6. The number of nitrogens with two attached hydrogens (primary N) is 1. The van der Waals surface area contributed by atoms with E-state index < -0.39 is 75.5 Å². The predicted molar refractivity (Wildman–Crippen MR) is 218 cm³/mol. The first-order valence-corrected chi connectivity index (χ1v) is 20.5. The van der Waals surface area contributed by atoms with E-state index in [9.17, 15) is 47.1 Å². The standard InChI is InChI=1S/C41H44N6O13S.Na/c1-24(2)36(46-40(51)58-22-34-32-10-5-3-8-30(32)31-9-4-6-11-33(31)34)38(49)45-35(12-7-19-43-39(42)50)37(48)44-27-14-13-25(26(20-27)23-61(55,56)57)21-59-41(52)60-29-17-15-28(16-18-29)47(53)54;/h3-6,8-11,13-18,20,24,34-36H,7,12,19,21-23H2,1-2H3,(H,44,48)(H,45,49)(H,46,51)(H3,42,43,50)(H,55,56,57);/q;+1/p-1. The van der Waals surface area contributed by atoms with Gasteiger partial charge in [0.2, 0.25) is 11.8 Å². The van der Waals surface area contributed by atoms with Crippen LogP contribution in [-0.4, -0.2) is 73.2 Å². The minimum Gasteiger partial charge on any atom is -0.748 e. The molecule has 0 saturated carbocycles. The SMILES string of the molecule is CC(C)C(NC(=O)OCC1c2ccccc2-c2ccccc21)C(=O)NC(CCCNC(N)=O)C(=O)Nc1ccc(COC(=O)Oc2ccc([N+](=O)[O-])cc2)c(CS(=O)(=O)[O-])c1.[Na+]. The minimum atomic E-state index is -4.90. The molecular weight excluding hydrogens is 840 g/mol. The first-order valence-electron chi connectivity index (χ1n) is 18.9. The summed E-state index contributed by atoms with van der Waals surface area (Å²) in [4.78, 5) is 74.4. The molecule has 0 bridgehead atoms. The van der Waals surface area contributed by atoms with Gasteiger partial charge in [-0.15, -0.1) is 0 Å².